The summed E-state index contributed by atoms with van der Waals surface area (Å²) in [5.74, 6) is -5.43. The fraction of sp³-hybridized carbons (Fsp3) is 0.400. The second-order valence-corrected chi connectivity index (χ2v) is 5.32. The minimum absolute atomic E-state index is 0.000830. The van der Waals surface area contributed by atoms with Crippen molar-refractivity contribution in [3.63, 3.8) is 0 Å². The number of piperazine rings is 1. The van der Waals surface area contributed by atoms with Crippen LogP contribution in [0.4, 0.5) is 18.9 Å². The van der Waals surface area contributed by atoms with E-state index in [1.807, 2.05) is 0 Å². The van der Waals surface area contributed by atoms with Gasteiger partial charge in [-0.15, -0.1) is 0 Å². The lowest BCUT2D eigenvalue weighted by atomic mass is 10.2. The number of carbonyl (C=O) groups excluding carboxylic acids is 3. The number of carbonyl (C=O) groups is 3. The lowest BCUT2D eigenvalue weighted by Gasteiger charge is -2.26. The van der Waals surface area contributed by atoms with Crippen LogP contribution in [0, 0.1) is 17.5 Å². The highest BCUT2D eigenvalue weighted by Gasteiger charge is 2.20. The van der Waals surface area contributed by atoms with Gasteiger partial charge in [0.1, 0.15) is 0 Å². The molecule has 0 aromatic heterocycles. The third-order valence-electron chi connectivity index (χ3n) is 3.45. The first-order valence-electron chi connectivity index (χ1n) is 7.35. The molecule has 9 heteroatoms. The van der Waals surface area contributed by atoms with Crippen LogP contribution in [0.1, 0.15) is 19.3 Å². The van der Waals surface area contributed by atoms with E-state index in [0.29, 0.717) is 25.2 Å². The van der Waals surface area contributed by atoms with E-state index in [1.165, 1.54) is 4.90 Å². The summed E-state index contributed by atoms with van der Waals surface area (Å²) in [5.41, 5.74) is -0.199. The normalized spacial score (nSPS) is 14.3. The van der Waals surface area contributed by atoms with Crippen molar-refractivity contribution in [2.24, 2.45) is 0 Å². The van der Waals surface area contributed by atoms with E-state index in [1.54, 1.807) is 0 Å². The van der Waals surface area contributed by atoms with E-state index >= 15 is 0 Å². The van der Waals surface area contributed by atoms with Crippen LogP contribution < -0.4 is 10.6 Å². The number of nitrogens with zero attached hydrogens (tertiary/aromatic N) is 1. The van der Waals surface area contributed by atoms with Crippen molar-refractivity contribution in [2.75, 3.05) is 25.0 Å². The Morgan fingerprint density at radius 1 is 1.17 bits per heavy atom. The van der Waals surface area contributed by atoms with E-state index < -0.39 is 23.4 Å². The van der Waals surface area contributed by atoms with Crippen molar-refractivity contribution < 1.29 is 27.6 Å². The number of rotatable bonds is 5. The molecular weight excluding hydrogens is 327 g/mol. The van der Waals surface area contributed by atoms with Crippen molar-refractivity contribution in [1.29, 1.82) is 0 Å². The lowest BCUT2D eigenvalue weighted by Crippen LogP contribution is -2.49. The van der Waals surface area contributed by atoms with Gasteiger partial charge in [-0.25, -0.2) is 13.2 Å². The number of nitrogens with one attached hydrogen (secondary N) is 2. The van der Waals surface area contributed by atoms with Gasteiger partial charge in [0.15, 0.2) is 17.5 Å². The van der Waals surface area contributed by atoms with E-state index in [-0.39, 0.29) is 43.3 Å². The average molecular weight is 343 g/mol. The first-order valence-corrected chi connectivity index (χ1v) is 7.35. The molecule has 2 N–H and O–H groups in total. The van der Waals surface area contributed by atoms with Crippen molar-refractivity contribution in [3.05, 3.63) is 29.6 Å². The van der Waals surface area contributed by atoms with Crippen molar-refractivity contribution in [1.82, 2.24) is 10.2 Å². The minimum Gasteiger partial charge on any atom is -0.353 e. The molecule has 0 unspecified atom stereocenters. The highest BCUT2D eigenvalue weighted by molar-refractivity contribution is 5.91. The molecule has 1 heterocycles. The summed E-state index contributed by atoms with van der Waals surface area (Å²) in [4.78, 5) is 36.2. The van der Waals surface area contributed by atoms with Crippen LogP contribution >= 0.6 is 0 Å². The molecule has 130 valence electrons. The van der Waals surface area contributed by atoms with Crippen molar-refractivity contribution >= 4 is 23.4 Å². The average Bonchev–Trinajstić information content (AvgIpc) is 2.52. The zero-order chi connectivity index (χ0) is 17.7. The second-order valence-electron chi connectivity index (χ2n) is 5.32. The quantitative estimate of drug-likeness (QED) is 0.788. The molecule has 0 spiro atoms. The number of hydrogen-bond acceptors (Lipinski definition) is 3. The molecule has 1 aliphatic heterocycles. The summed E-state index contributed by atoms with van der Waals surface area (Å²) in [7, 11) is 0. The molecule has 3 amide bonds. The molecule has 6 nitrogen and oxygen atoms in total. The van der Waals surface area contributed by atoms with Gasteiger partial charge in [0.25, 0.3) is 0 Å². The lowest BCUT2D eigenvalue weighted by molar-refractivity contribution is -0.138. The van der Waals surface area contributed by atoms with Gasteiger partial charge in [-0.05, 0) is 6.42 Å². The van der Waals surface area contributed by atoms with Gasteiger partial charge in [-0.2, -0.15) is 0 Å². The maximum atomic E-state index is 13.0. The van der Waals surface area contributed by atoms with Gasteiger partial charge in [-0.3, -0.25) is 14.4 Å². The van der Waals surface area contributed by atoms with Gasteiger partial charge in [0.2, 0.25) is 17.7 Å². The topological polar surface area (TPSA) is 78.5 Å². The van der Waals surface area contributed by atoms with E-state index in [4.69, 9.17) is 0 Å². The molecule has 1 fully saturated rings. The van der Waals surface area contributed by atoms with E-state index in [2.05, 4.69) is 10.6 Å². The Morgan fingerprint density at radius 3 is 2.46 bits per heavy atom. The molecular formula is C15H16F3N3O3. The van der Waals surface area contributed by atoms with Crippen LogP contribution in [0.25, 0.3) is 0 Å². The van der Waals surface area contributed by atoms with Crippen LogP contribution in [-0.4, -0.2) is 42.3 Å². The smallest absolute Gasteiger partial charge is 0.239 e. The highest BCUT2D eigenvalue weighted by Crippen LogP contribution is 2.17. The molecule has 1 aromatic rings. The van der Waals surface area contributed by atoms with Crippen LogP contribution in [-0.2, 0) is 14.4 Å². The third-order valence-corrected chi connectivity index (χ3v) is 3.45. The molecule has 2 rings (SSSR count). The molecule has 24 heavy (non-hydrogen) atoms. The van der Waals surface area contributed by atoms with E-state index in [9.17, 15) is 27.6 Å². The highest BCUT2D eigenvalue weighted by atomic mass is 19.2. The summed E-state index contributed by atoms with van der Waals surface area (Å²) in [6.07, 6.45) is 0.244. The maximum absolute atomic E-state index is 13.0. The van der Waals surface area contributed by atoms with Crippen LogP contribution in [0.2, 0.25) is 0 Å². The number of anilines is 1. The summed E-state index contributed by atoms with van der Waals surface area (Å²) in [5, 5.41) is 4.83. The largest absolute Gasteiger partial charge is 0.353 e. The summed E-state index contributed by atoms with van der Waals surface area (Å²) in [6, 6.07) is 1.35. The number of hydrogen-bond donors (Lipinski definition) is 2. The summed E-state index contributed by atoms with van der Waals surface area (Å²) >= 11 is 0. The Morgan fingerprint density at radius 2 is 1.83 bits per heavy atom. The van der Waals surface area contributed by atoms with Crippen LogP contribution in [0.3, 0.4) is 0 Å². The molecule has 0 saturated carbocycles. The van der Waals surface area contributed by atoms with Crippen LogP contribution in [0.5, 0.6) is 0 Å². The zero-order valence-electron chi connectivity index (χ0n) is 12.7. The number of amides is 3. The summed E-state index contributed by atoms with van der Waals surface area (Å²) < 4.78 is 38.9. The first kappa shape index (κ1) is 17.8. The third kappa shape index (κ3) is 4.71. The molecule has 0 atom stereocenters. The van der Waals surface area contributed by atoms with Gasteiger partial charge >= 0.3 is 0 Å². The fourth-order valence-electron chi connectivity index (χ4n) is 2.26. The molecule has 0 radical (unpaired) electrons. The molecule has 1 aromatic carbocycles. The number of halogens is 3. The molecule has 1 saturated heterocycles. The van der Waals surface area contributed by atoms with Crippen molar-refractivity contribution in [2.45, 2.75) is 19.3 Å². The predicted molar refractivity (Wildman–Crippen MR) is 78.4 cm³/mol. The van der Waals surface area contributed by atoms with Gasteiger partial charge in [0.05, 0.1) is 6.54 Å². The van der Waals surface area contributed by atoms with Crippen molar-refractivity contribution in [3.8, 4) is 0 Å². The Kier molecular flexibility index (Phi) is 5.78. The Bertz CT molecular complexity index is 644. The van der Waals surface area contributed by atoms with Gasteiger partial charge in [0, 0.05) is 43.8 Å². The van der Waals surface area contributed by atoms with E-state index in [0.717, 1.165) is 0 Å². The second kappa shape index (κ2) is 7.80. The standard InChI is InChI=1S/C15H16F3N3O3/c16-10-6-9(7-11(17)15(10)18)20-12(22)2-1-3-14(24)21-5-4-19-13(23)8-21/h6-7H,1-5,8H2,(H,19,23)(H,20,22). The zero-order valence-corrected chi connectivity index (χ0v) is 12.7. The fourth-order valence-corrected chi connectivity index (χ4v) is 2.26. The Labute approximate surface area is 136 Å². The van der Waals surface area contributed by atoms with Gasteiger partial charge < -0.3 is 15.5 Å². The first-order chi connectivity index (χ1) is 11.4. The summed E-state index contributed by atoms with van der Waals surface area (Å²) in [6.45, 7) is 0.816. The predicted octanol–water partition coefficient (Wildman–Crippen LogP) is 1.17. The maximum Gasteiger partial charge on any atom is 0.239 e. The minimum atomic E-state index is -1.61. The Hall–Kier alpha value is -2.58. The molecule has 0 aliphatic carbocycles. The molecule has 0 bridgehead atoms. The number of benzene rings is 1. The monoisotopic (exact) mass is 343 g/mol. The van der Waals surface area contributed by atoms with Crippen LogP contribution in [0.15, 0.2) is 12.1 Å². The molecule has 1 aliphatic rings. The Balaban J connectivity index is 1.77. The van der Waals surface area contributed by atoms with Gasteiger partial charge in [-0.1, -0.05) is 0 Å². The SMILES string of the molecule is O=C1CN(C(=O)CCCC(=O)Nc2cc(F)c(F)c(F)c2)CCN1.